The van der Waals surface area contributed by atoms with E-state index in [1.165, 1.54) is 9.80 Å². The number of hydrogen-bond donors (Lipinski definition) is 0. The molecule has 4 saturated heterocycles. The second-order valence-electron chi connectivity index (χ2n) is 9.87. The Morgan fingerprint density at radius 2 is 0.833 bits per heavy atom. The zero-order valence-electron chi connectivity index (χ0n) is 17.0. The quantitative estimate of drug-likeness (QED) is 0.347. The van der Waals surface area contributed by atoms with Crippen molar-refractivity contribution in [1.82, 2.24) is 9.80 Å². The largest absolute Gasteiger partial charge is 0.370 e. The fourth-order valence-corrected chi connectivity index (χ4v) is 6.29. The summed E-state index contributed by atoms with van der Waals surface area (Å²) < 4.78 is 11.0. The average Bonchev–Trinajstić information content (AvgIpc) is 3.63. The molecule has 0 radical (unpaired) electrons. The van der Waals surface area contributed by atoms with Crippen LogP contribution in [0.25, 0.3) is 0 Å². The number of imide groups is 2. The van der Waals surface area contributed by atoms with Gasteiger partial charge >= 0.3 is 0 Å². The minimum absolute atomic E-state index is 0.0168. The van der Waals surface area contributed by atoms with Gasteiger partial charge in [0.25, 0.3) is 0 Å². The number of unbranched alkanes of at least 4 members (excludes halogenated alkanes) is 3. The van der Waals surface area contributed by atoms with Crippen molar-refractivity contribution >= 4 is 23.6 Å². The van der Waals surface area contributed by atoms with Crippen LogP contribution in [0, 0.1) is 23.7 Å². The molecule has 0 unspecified atom stereocenters. The third kappa shape index (κ3) is 2.94. The summed E-state index contributed by atoms with van der Waals surface area (Å²) in [6.45, 7) is 0.963. The molecule has 8 atom stereocenters. The number of rotatable bonds is 7. The van der Waals surface area contributed by atoms with Crippen LogP contribution in [0.15, 0.2) is 0 Å². The lowest BCUT2D eigenvalue weighted by Gasteiger charge is -2.16. The molecule has 0 aromatic heterocycles. The van der Waals surface area contributed by atoms with Crippen molar-refractivity contribution in [2.24, 2.45) is 23.7 Å². The van der Waals surface area contributed by atoms with E-state index >= 15 is 0 Å². The van der Waals surface area contributed by atoms with Gasteiger partial charge in [-0.15, -0.1) is 0 Å². The molecule has 4 aliphatic heterocycles. The fourth-order valence-electron chi connectivity index (χ4n) is 6.29. The lowest BCUT2D eigenvalue weighted by atomic mass is 9.81. The third-order valence-electron chi connectivity index (χ3n) is 8.14. The molecule has 8 heteroatoms. The smallest absolute Gasteiger partial charge is 0.233 e. The van der Waals surface area contributed by atoms with E-state index in [1.807, 2.05) is 0 Å². The molecule has 0 N–H and O–H groups in total. The molecule has 2 aliphatic carbocycles. The molecule has 30 heavy (non-hydrogen) atoms. The number of fused-ring (bicyclic) bond motifs is 4. The molecule has 162 valence electrons. The first kappa shape index (κ1) is 18.9. The van der Waals surface area contributed by atoms with E-state index in [0.717, 1.165) is 25.7 Å². The maximum atomic E-state index is 12.6. The molecule has 6 fully saturated rings. The van der Waals surface area contributed by atoms with Crippen LogP contribution in [0.3, 0.4) is 0 Å². The van der Waals surface area contributed by atoms with Crippen molar-refractivity contribution < 1.29 is 28.7 Å². The Bertz CT molecular complexity index is 691. The number of hydrogen-bond acceptors (Lipinski definition) is 6. The molecule has 4 amide bonds. The van der Waals surface area contributed by atoms with Crippen LogP contribution in [-0.4, -0.2) is 70.9 Å². The number of amides is 4. The number of likely N-dealkylation sites (tertiary alicyclic amines) is 2. The summed E-state index contributed by atoms with van der Waals surface area (Å²) in [6.07, 6.45) is 6.87. The van der Waals surface area contributed by atoms with Crippen molar-refractivity contribution in [3.05, 3.63) is 0 Å². The Balaban J connectivity index is 0.933. The van der Waals surface area contributed by atoms with Crippen LogP contribution in [0.5, 0.6) is 0 Å². The minimum Gasteiger partial charge on any atom is -0.370 e. The van der Waals surface area contributed by atoms with Crippen LogP contribution in [-0.2, 0) is 28.7 Å². The zero-order valence-corrected chi connectivity index (χ0v) is 17.0. The topological polar surface area (TPSA) is 99.8 Å². The lowest BCUT2D eigenvalue weighted by molar-refractivity contribution is -0.141. The molecule has 8 nitrogen and oxygen atoms in total. The van der Waals surface area contributed by atoms with E-state index in [0.29, 0.717) is 38.8 Å². The van der Waals surface area contributed by atoms with E-state index in [-0.39, 0.29) is 71.7 Å². The van der Waals surface area contributed by atoms with Gasteiger partial charge in [-0.3, -0.25) is 29.0 Å². The molecule has 4 heterocycles. The molecular formula is C22H28N2O6. The number of epoxide rings is 2. The maximum absolute atomic E-state index is 12.6. The van der Waals surface area contributed by atoms with Crippen molar-refractivity contribution in [2.75, 3.05) is 13.1 Å². The second kappa shape index (κ2) is 6.85. The first-order chi connectivity index (χ1) is 14.5. The van der Waals surface area contributed by atoms with Crippen LogP contribution in [0.4, 0.5) is 0 Å². The van der Waals surface area contributed by atoms with E-state index < -0.39 is 0 Å². The van der Waals surface area contributed by atoms with Gasteiger partial charge in [-0.1, -0.05) is 12.8 Å². The van der Waals surface area contributed by atoms with Gasteiger partial charge in [-0.2, -0.15) is 0 Å². The zero-order chi connectivity index (χ0) is 20.6. The summed E-state index contributed by atoms with van der Waals surface area (Å²) in [5, 5.41) is 0. The third-order valence-corrected chi connectivity index (χ3v) is 8.14. The summed E-state index contributed by atoms with van der Waals surface area (Å²) in [6, 6.07) is 0. The van der Waals surface area contributed by atoms with Gasteiger partial charge in [-0.05, 0) is 38.5 Å². The highest BCUT2D eigenvalue weighted by Crippen LogP contribution is 2.48. The number of nitrogens with zero attached hydrogens (tertiary/aromatic N) is 2. The Morgan fingerprint density at radius 1 is 0.533 bits per heavy atom. The van der Waals surface area contributed by atoms with Gasteiger partial charge in [0.15, 0.2) is 0 Å². The van der Waals surface area contributed by atoms with Crippen LogP contribution in [0.1, 0.15) is 51.4 Å². The molecule has 0 bridgehead atoms. The van der Waals surface area contributed by atoms with Gasteiger partial charge in [0.2, 0.25) is 23.6 Å². The summed E-state index contributed by atoms with van der Waals surface area (Å²) in [4.78, 5) is 53.3. The number of ether oxygens (including phenoxy) is 2. The second-order valence-corrected chi connectivity index (χ2v) is 9.87. The van der Waals surface area contributed by atoms with Crippen LogP contribution < -0.4 is 0 Å². The first-order valence-electron chi connectivity index (χ1n) is 11.5. The number of carbonyl (C=O) groups excluding carboxylic acids is 4. The summed E-state index contributed by atoms with van der Waals surface area (Å²) in [7, 11) is 0. The normalized spacial score (nSPS) is 43.5. The SMILES string of the molecule is O=C1[C@H]2C[C@@H]3O[C@@H]3C[C@H]2C(=O)N1CCCCCCN1C(=O)[C@@H]2C[C@H]3O[C@@H]3C[C@H]2C1=O. The minimum atomic E-state index is -0.173. The molecule has 0 spiro atoms. The van der Waals surface area contributed by atoms with Gasteiger partial charge in [0.1, 0.15) is 0 Å². The highest BCUT2D eigenvalue weighted by atomic mass is 16.6. The summed E-state index contributed by atoms with van der Waals surface area (Å²) in [5.74, 6) is -0.758. The summed E-state index contributed by atoms with van der Waals surface area (Å²) >= 11 is 0. The Hall–Kier alpha value is -1.80. The standard InChI is InChI=1S/C22H28N2O6/c25-19-11-7-15-16(29-15)8-12(11)20(26)23(19)5-3-1-2-4-6-24-21(27)13-9-17-18(30-17)10-14(13)22(24)28/h11-18H,1-10H2/t11-,12-,13-,14+,15-,16-,17-,18+/m1/s1. The Kier molecular flexibility index (Phi) is 4.32. The highest BCUT2D eigenvalue weighted by molar-refractivity contribution is 6.06. The van der Waals surface area contributed by atoms with Crippen LogP contribution in [0.2, 0.25) is 0 Å². The first-order valence-corrected chi connectivity index (χ1v) is 11.5. The van der Waals surface area contributed by atoms with Gasteiger partial charge in [0, 0.05) is 13.1 Å². The van der Waals surface area contributed by atoms with E-state index in [4.69, 9.17) is 9.47 Å². The number of carbonyl (C=O) groups is 4. The fraction of sp³-hybridized carbons (Fsp3) is 0.818. The monoisotopic (exact) mass is 416 g/mol. The molecule has 6 aliphatic rings. The highest BCUT2D eigenvalue weighted by Gasteiger charge is 2.59. The van der Waals surface area contributed by atoms with Crippen molar-refractivity contribution in [2.45, 2.75) is 75.8 Å². The molecule has 6 rings (SSSR count). The molecule has 0 aromatic rings. The predicted molar refractivity (Wildman–Crippen MR) is 102 cm³/mol. The molecule has 2 saturated carbocycles. The van der Waals surface area contributed by atoms with Gasteiger partial charge in [0.05, 0.1) is 48.1 Å². The van der Waals surface area contributed by atoms with E-state index in [1.54, 1.807) is 0 Å². The van der Waals surface area contributed by atoms with Gasteiger partial charge < -0.3 is 9.47 Å². The van der Waals surface area contributed by atoms with Crippen molar-refractivity contribution in [1.29, 1.82) is 0 Å². The van der Waals surface area contributed by atoms with Gasteiger partial charge in [-0.25, -0.2) is 0 Å². The van der Waals surface area contributed by atoms with E-state index in [9.17, 15) is 19.2 Å². The summed E-state index contributed by atoms with van der Waals surface area (Å²) in [5.41, 5.74) is 0. The van der Waals surface area contributed by atoms with Crippen molar-refractivity contribution in [3.63, 3.8) is 0 Å². The Morgan fingerprint density at radius 3 is 1.13 bits per heavy atom. The molecular weight excluding hydrogens is 388 g/mol. The van der Waals surface area contributed by atoms with Crippen molar-refractivity contribution in [3.8, 4) is 0 Å². The van der Waals surface area contributed by atoms with Crippen LogP contribution >= 0.6 is 0 Å². The average molecular weight is 416 g/mol. The van der Waals surface area contributed by atoms with E-state index in [2.05, 4.69) is 0 Å². The molecule has 0 aromatic carbocycles. The maximum Gasteiger partial charge on any atom is 0.233 e. The lowest BCUT2D eigenvalue weighted by Crippen LogP contribution is -2.32. The Labute approximate surface area is 175 Å². The predicted octanol–water partition coefficient (Wildman–Crippen LogP) is 0.872.